The Morgan fingerprint density at radius 3 is 2.61 bits per heavy atom. The lowest BCUT2D eigenvalue weighted by atomic mass is 10.0. The lowest BCUT2D eigenvalue weighted by Gasteiger charge is -2.32. The van der Waals surface area contributed by atoms with Crippen LogP contribution in [-0.4, -0.2) is 87.3 Å². The van der Waals surface area contributed by atoms with Crippen molar-refractivity contribution >= 4 is 16.6 Å². The third-order valence-corrected chi connectivity index (χ3v) is 6.59. The molecule has 1 fully saturated rings. The summed E-state index contributed by atoms with van der Waals surface area (Å²) in [6.07, 6.45) is 4.64. The van der Waals surface area contributed by atoms with Gasteiger partial charge in [-0.05, 0) is 62.6 Å². The Balaban J connectivity index is 1.33. The van der Waals surface area contributed by atoms with Crippen LogP contribution in [0.5, 0.6) is 0 Å². The normalized spacial score (nSPS) is 16.0. The molecule has 1 aromatic carbocycles. The van der Waals surface area contributed by atoms with Crippen LogP contribution in [0.2, 0.25) is 0 Å². The molecule has 5 rings (SSSR count). The number of benzene rings is 1. The highest BCUT2D eigenvalue weighted by atomic mass is 16.3. The van der Waals surface area contributed by atoms with Crippen LogP contribution in [0.25, 0.3) is 22.0 Å². The van der Waals surface area contributed by atoms with Crippen LogP contribution in [0, 0.1) is 0 Å². The number of aromatic nitrogens is 4. The number of H-pyrrole nitrogens is 1. The molecule has 0 radical (unpaired) electrons. The van der Waals surface area contributed by atoms with Crippen LogP contribution in [-0.2, 0) is 13.1 Å². The number of aliphatic hydroxyl groups is 1. The molecule has 0 bridgehead atoms. The molecule has 9 nitrogen and oxygen atoms in total. The quantitative estimate of drug-likeness (QED) is 0.327. The minimum absolute atomic E-state index is 0.616. The van der Waals surface area contributed by atoms with Gasteiger partial charge >= 0.3 is 0 Å². The predicted octanol–water partition coefficient (Wildman–Crippen LogP) is 2.93. The van der Waals surface area contributed by atoms with Crippen molar-refractivity contribution in [2.75, 3.05) is 52.6 Å². The zero-order valence-corrected chi connectivity index (χ0v) is 21.1. The van der Waals surface area contributed by atoms with Gasteiger partial charge in [0, 0.05) is 62.6 Å². The van der Waals surface area contributed by atoms with Crippen LogP contribution in [0.1, 0.15) is 23.2 Å². The van der Waals surface area contributed by atoms with Crippen LogP contribution in [0.15, 0.2) is 55.0 Å². The molecule has 1 aliphatic heterocycles. The van der Waals surface area contributed by atoms with E-state index < -0.39 is 6.23 Å². The number of nitrogens with zero attached hydrogens (tertiary/aromatic N) is 6. The molecule has 0 spiro atoms. The average molecular weight is 487 g/mol. The number of nitrogens with one attached hydrogen (secondary N) is 2. The van der Waals surface area contributed by atoms with Crippen molar-refractivity contribution in [3.63, 3.8) is 0 Å². The van der Waals surface area contributed by atoms with E-state index in [2.05, 4.69) is 65.4 Å². The van der Waals surface area contributed by atoms with E-state index in [9.17, 15) is 5.11 Å². The van der Waals surface area contributed by atoms with Gasteiger partial charge < -0.3 is 20.2 Å². The minimum atomic E-state index is -0.951. The molecule has 0 amide bonds. The number of aliphatic hydroxyl groups excluding tert-OH is 1. The van der Waals surface area contributed by atoms with Crippen LogP contribution >= 0.6 is 0 Å². The second-order valence-corrected chi connectivity index (χ2v) is 9.85. The summed E-state index contributed by atoms with van der Waals surface area (Å²) in [5, 5.41) is 22.3. The highest BCUT2D eigenvalue weighted by Crippen LogP contribution is 2.29. The fourth-order valence-electron chi connectivity index (χ4n) is 4.57. The van der Waals surface area contributed by atoms with E-state index in [1.807, 2.05) is 44.7 Å². The van der Waals surface area contributed by atoms with Crippen LogP contribution in [0.3, 0.4) is 0 Å². The molecule has 0 saturated carbocycles. The molecule has 1 unspecified atom stereocenters. The zero-order valence-electron chi connectivity index (χ0n) is 21.1. The highest BCUT2D eigenvalue weighted by Gasteiger charge is 2.17. The van der Waals surface area contributed by atoms with E-state index in [1.165, 1.54) is 5.56 Å². The average Bonchev–Trinajstić information content (AvgIpc) is 3.30. The Morgan fingerprint density at radius 1 is 1.03 bits per heavy atom. The molecule has 4 aromatic rings. The number of anilines is 1. The molecule has 36 heavy (non-hydrogen) atoms. The van der Waals surface area contributed by atoms with E-state index in [4.69, 9.17) is 0 Å². The van der Waals surface area contributed by atoms with E-state index >= 15 is 0 Å². The Kier molecular flexibility index (Phi) is 7.24. The summed E-state index contributed by atoms with van der Waals surface area (Å²) in [7, 11) is 6.19. The van der Waals surface area contributed by atoms with Crippen molar-refractivity contribution in [3.05, 3.63) is 71.9 Å². The van der Waals surface area contributed by atoms with Crippen LogP contribution < -0.4 is 5.32 Å². The molecule has 1 aliphatic rings. The van der Waals surface area contributed by atoms with Gasteiger partial charge in [-0.15, -0.1) is 0 Å². The Bertz CT molecular complexity index is 1290. The first-order chi connectivity index (χ1) is 17.4. The monoisotopic (exact) mass is 486 g/mol. The molecule has 1 atom stereocenters. The van der Waals surface area contributed by atoms with E-state index in [0.717, 1.165) is 72.7 Å². The Morgan fingerprint density at radius 2 is 1.86 bits per heavy atom. The first kappa shape index (κ1) is 24.3. The predicted molar refractivity (Wildman–Crippen MR) is 142 cm³/mol. The number of piperazine rings is 1. The van der Waals surface area contributed by atoms with Gasteiger partial charge in [-0.25, -0.2) is 0 Å². The number of hydrogen-bond acceptors (Lipinski definition) is 8. The van der Waals surface area contributed by atoms with E-state index in [-0.39, 0.29) is 0 Å². The third-order valence-electron chi connectivity index (χ3n) is 6.59. The Labute approximate surface area is 211 Å². The fraction of sp³-hybridized carbons (Fsp3) is 0.370. The molecule has 9 heteroatoms. The maximum Gasteiger partial charge on any atom is 0.168 e. The van der Waals surface area contributed by atoms with Gasteiger partial charge in [0.25, 0.3) is 0 Å². The highest BCUT2D eigenvalue weighted by molar-refractivity contribution is 5.87. The number of likely N-dealkylation sites (N-methyl/N-ethyl adjacent to an activating group) is 1. The summed E-state index contributed by atoms with van der Waals surface area (Å²) in [5.74, 6) is 0. The molecular formula is C27H34N8O. The maximum absolute atomic E-state index is 10.9. The second kappa shape index (κ2) is 10.7. The van der Waals surface area contributed by atoms with Crippen molar-refractivity contribution < 1.29 is 5.11 Å². The standard InChI is InChI=1S/C27H34N8O/c1-33(2)18-23-6-5-22(16-29-23)30-27(36)26-24-13-20(4-7-25(24)31-32-26)21-12-19(14-28-15-21)17-35-10-8-34(3)9-11-35/h4-7,12-16,27,30,36H,8-11,17-18H2,1-3H3,(H,31,32). The number of aromatic amines is 1. The molecule has 0 aliphatic carbocycles. The van der Waals surface area contributed by atoms with Gasteiger partial charge in [-0.2, -0.15) is 5.10 Å². The number of fused-ring (bicyclic) bond motifs is 1. The smallest absolute Gasteiger partial charge is 0.168 e. The lowest BCUT2D eigenvalue weighted by molar-refractivity contribution is 0.148. The van der Waals surface area contributed by atoms with Gasteiger partial charge in [0.2, 0.25) is 0 Å². The first-order valence-corrected chi connectivity index (χ1v) is 12.3. The zero-order chi connectivity index (χ0) is 25.1. The summed E-state index contributed by atoms with van der Waals surface area (Å²) in [6, 6.07) is 12.2. The van der Waals surface area contributed by atoms with Crippen molar-refractivity contribution in [1.82, 2.24) is 34.9 Å². The topological polar surface area (TPSA) is 96.4 Å². The number of hydrogen-bond donors (Lipinski definition) is 3. The second-order valence-electron chi connectivity index (χ2n) is 9.85. The molecule has 3 aromatic heterocycles. The molecule has 4 heterocycles. The van der Waals surface area contributed by atoms with Gasteiger partial charge in [0.1, 0.15) is 0 Å². The van der Waals surface area contributed by atoms with Gasteiger partial charge in [-0.3, -0.25) is 20.0 Å². The Hall–Kier alpha value is -3.37. The van der Waals surface area contributed by atoms with Crippen molar-refractivity contribution in [2.45, 2.75) is 19.3 Å². The summed E-state index contributed by atoms with van der Waals surface area (Å²) in [4.78, 5) is 15.9. The maximum atomic E-state index is 10.9. The molecule has 1 saturated heterocycles. The van der Waals surface area contributed by atoms with Gasteiger partial charge in [0.15, 0.2) is 6.23 Å². The minimum Gasteiger partial charge on any atom is -0.368 e. The van der Waals surface area contributed by atoms with Gasteiger partial charge in [-0.1, -0.05) is 6.07 Å². The summed E-state index contributed by atoms with van der Waals surface area (Å²) in [5.41, 5.74) is 6.43. The third kappa shape index (κ3) is 5.71. The largest absolute Gasteiger partial charge is 0.368 e. The summed E-state index contributed by atoms with van der Waals surface area (Å²) >= 11 is 0. The van der Waals surface area contributed by atoms with Gasteiger partial charge in [0.05, 0.1) is 28.8 Å². The lowest BCUT2D eigenvalue weighted by Crippen LogP contribution is -2.43. The van der Waals surface area contributed by atoms with E-state index in [0.29, 0.717) is 5.69 Å². The molecular weight excluding hydrogens is 452 g/mol. The SMILES string of the molecule is CN(C)Cc1ccc(NC(O)c2[nH]nc3ccc(-c4cncc(CN5CCN(C)CC5)c4)cc23)cn1. The van der Waals surface area contributed by atoms with E-state index in [1.54, 1.807) is 6.20 Å². The van der Waals surface area contributed by atoms with Crippen LogP contribution in [0.4, 0.5) is 5.69 Å². The van der Waals surface area contributed by atoms with Crippen molar-refractivity contribution in [2.24, 2.45) is 0 Å². The first-order valence-electron chi connectivity index (χ1n) is 12.3. The summed E-state index contributed by atoms with van der Waals surface area (Å²) < 4.78 is 0. The molecule has 3 N–H and O–H groups in total. The summed E-state index contributed by atoms with van der Waals surface area (Å²) in [6.45, 7) is 6.01. The number of pyridine rings is 2. The number of rotatable bonds is 8. The van der Waals surface area contributed by atoms with Crippen molar-refractivity contribution in [1.29, 1.82) is 0 Å². The van der Waals surface area contributed by atoms with Crippen molar-refractivity contribution in [3.8, 4) is 11.1 Å². The fourth-order valence-corrected chi connectivity index (χ4v) is 4.57. The molecule has 188 valence electrons.